The van der Waals surface area contributed by atoms with Gasteiger partial charge in [-0.3, -0.25) is 9.59 Å². The number of para-hydroxylation sites is 2. The molecule has 1 amide bonds. The number of piperidine rings is 1. The van der Waals surface area contributed by atoms with E-state index < -0.39 is 0 Å². The summed E-state index contributed by atoms with van der Waals surface area (Å²) < 4.78 is 3.76. The van der Waals surface area contributed by atoms with Gasteiger partial charge in [0.05, 0.1) is 11.0 Å². The molecule has 2 aromatic heterocycles. The number of benzene rings is 1. The summed E-state index contributed by atoms with van der Waals surface area (Å²) in [4.78, 5) is 27.6. The molecule has 1 aliphatic heterocycles. The molecule has 0 N–H and O–H groups in total. The van der Waals surface area contributed by atoms with E-state index in [9.17, 15) is 9.59 Å². The molecule has 2 atom stereocenters. The van der Waals surface area contributed by atoms with Gasteiger partial charge in [-0.1, -0.05) is 26.0 Å². The minimum absolute atomic E-state index is 0.00589. The molecule has 5 nitrogen and oxygen atoms in total. The lowest BCUT2D eigenvalue weighted by atomic mass is 9.91. The Morgan fingerprint density at radius 3 is 2.41 bits per heavy atom. The number of aryl methyl sites for hydroxylation is 1. The van der Waals surface area contributed by atoms with Crippen molar-refractivity contribution < 1.29 is 4.79 Å². The van der Waals surface area contributed by atoms with Crippen molar-refractivity contribution in [2.45, 2.75) is 39.7 Å². The molecule has 0 aliphatic carbocycles. The molecule has 0 spiro atoms. The van der Waals surface area contributed by atoms with Crippen LogP contribution in [0.15, 0.2) is 47.4 Å². The molecule has 1 aromatic carbocycles. The first-order chi connectivity index (χ1) is 13.0. The van der Waals surface area contributed by atoms with Gasteiger partial charge in [-0.05, 0) is 48.9 Å². The zero-order chi connectivity index (χ0) is 19.0. The van der Waals surface area contributed by atoms with Gasteiger partial charge in [0.2, 0.25) is 5.91 Å². The van der Waals surface area contributed by atoms with Crippen LogP contribution in [0.3, 0.4) is 0 Å². The second-order valence-corrected chi connectivity index (χ2v) is 8.06. The van der Waals surface area contributed by atoms with Crippen LogP contribution in [0.2, 0.25) is 0 Å². The van der Waals surface area contributed by atoms with Crippen molar-refractivity contribution in [2.75, 3.05) is 13.1 Å². The zero-order valence-electron chi connectivity index (χ0n) is 16.1. The highest BCUT2D eigenvalue weighted by atomic mass is 16.2. The van der Waals surface area contributed by atoms with E-state index in [1.165, 1.54) is 6.42 Å². The fourth-order valence-corrected chi connectivity index (χ4v) is 4.54. The zero-order valence-corrected chi connectivity index (χ0v) is 16.1. The van der Waals surface area contributed by atoms with Crippen LogP contribution in [0.25, 0.3) is 16.6 Å². The third kappa shape index (κ3) is 3.38. The molecule has 3 heterocycles. The average Bonchev–Trinajstić information content (AvgIpc) is 3.14. The molecular weight excluding hydrogens is 338 g/mol. The fraction of sp³-hybridized carbons (Fsp3) is 0.455. The maximum absolute atomic E-state index is 12.9. The monoisotopic (exact) mass is 365 g/mol. The van der Waals surface area contributed by atoms with Crippen molar-refractivity contribution in [3.63, 3.8) is 0 Å². The fourth-order valence-electron chi connectivity index (χ4n) is 4.54. The van der Waals surface area contributed by atoms with E-state index in [2.05, 4.69) is 13.8 Å². The molecule has 142 valence electrons. The summed E-state index contributed by atoms with van der Waals surface area (Å²) >= 11 is 0. The minimum atomic E-state index is 0.00589. The van der Waals surface area contributed by atoms with Gasteiger partial charge in [0.1, 0.15) is 5.52 Å². The van der Waals surface area contributed by atoms with Gasteiger partial charge >= 0.3 is 0 Å². The third-order valence-electron chi connectivity index (χ3n) is 5.64. The van der Waals surface area contributed by atoms with Gasteiger partial charge in [-0.2, -0.15) is 0 Å². The lowest BCUT2D eigenvalue weighted by Crippen LogP contribution is -2.42. The van der Waals surface area contributed by atoms with Crippen molar-refractivity contribution in [1.82, 2.24) is 13.9 Å². The standard InChI is InChI=1S/C22H27N3O2/c1-16-13-17(2)15-23(14-16)21(26)10-6-12-25-19-8-4-3-7-18(19)24-11-5-9-20(24)22(25)27/h3-5,7-9,11,16-17H,6,10,12-15H2,1-2H3. The lowest BCUT2D eigenvalue weighted by molar-refractivity contribution is -0.134. The molecule has 27 heavy (non-hydrogen) atoms. The highest BCUT2D eigenvalue weighted by Crippen LogP contribution is 2.22. The van der Waals surface area contributed by atoms with Crippen molar-refractivity contribution in [3.05, 3.63) is 52.9 Å². The summed E-state index contributed by atoms with van der Waals surface area (Å²) in [6.45, 7) is 6.72. The van der Waals surface area contributed by atoms with Crippen LogP contribution in [0.5, 0.6) is 0 Å². The number of likely N-dealkylation sites (tertiary alicyclic amines) is 1. The van der Waals surface area contributed by atoms with Gasteiger partial charge in [0, 0.05) is 32.3 Å². The molecule has 3 aromatic rings. The normalized spacial score (nSPS) is 20.4. The topological polar surface area (TPSA) is 46.7 Å². The summed E-state index contributed by atoms with van der Waals surface area (Å²) in [6, 6.07) is 11.7. The SMILES string of the molecule is CC1CC(C)CN(C(=O)CCCn2c(=O)c3cccn3c3ccccc32)C1. The van der Waals surface area contributed by atoms with E-state index >= 15 is 0 Å². The number of amides is 1. The van der Waals surface area contributed by atoms with E-state index in [1.807, 2.05) is 56.5 Å². The predicted molar refractivity (Wildman–Crippen MR) is 108 cm³/mol. The average molecular weight is 365 g/mol. The number of aromatic nitrogens is 2. The molecule has 1 aliphatic rings. The lowest BCUT2D eigenvalue weighted by Gasteiger charge is -2.35. The molecule has 0 radical (unpaired) electrons. The van der Waals surface area contributed by atoms with Crippen molar-refractivity contribution in [3.8, 4) is 0 Å². The Morgan fingerprint density at radius 2 is 1.67 bits per heavy atom. The molecule has 0 saturated carbocycles. The van der Waals surface area contributed by atoms with Crippen molar-refractivity contribution in [2.24, 2.45) is 11.8 Å². The summed E-state index contributed by atoms with van der Waals surface area (Å²) in [5, 5.41) is 0. The first kappa shape index (κ1) is 17.8. The second-order valence-electron chi connectivity index (χ2n) is 8.06. The molecular formula is C22H27N3O2. The predicted octanol–water partition coefficient (Wildman–Crippen LogP) is 3.54. The number of nitrogens with zero attached hydrogens (tertiary/aromatic N) is 3. The van der Waals surface area contributed by atoms with Crippen LogP contribution in [0.1, 0.15) is 33.1 Å². The number of rotatable bonds is 4. The van der Waals surface area contributed by atoms with Crippen molar-refractivity contribution >= 4 is 22.5 Å². The molecule has 1 saturated heterocycles. The van der Waals surface area contributed by atoms with E-state index in [0.29, 0.717) is 36.7 Å². The van der Waals surface area contributed by atoms with Crippen LogP contribution >= 0.6 is 0 Å². The van der Waals surface area contributed by atoms with E-state index in [4.69, 9.17) is 0 Å². The Hall–Kier alpha value is -2.56. The first-order valence-electron chi connectivity index (χ1n) is 9.91. The van der Waals surface area contributed by atoms with Gasteiger partial charge in [-0.15, -0.1) is 0 Å². The van der Waals surface area contributed by atoms with Crippen LogP contribution < -0.4 is 5.56 Å². The Morgan fingerprint density at radius 1 is 1.00 bits per heavy atom. The molecule has 0 bridgehead atoms. The highest BCUT2D eigenvalue weighted by Gasteiger charge is 2.25. The number of carbonyl (C=O) groups excluding carboxylic acids is 1. The maximum Gasteiger partial charge on any atom is 0.275 e. The van der Waals surface area contributed by atoms with E-state index in [1.54, 1.807) is 0 Å². The Bertz CT molecular complexity index is 1020. The maximum atomic E-state index is 12.9. The number of hydrogen-bond donors (Lipinski definition) is 0. The Balaban J connectivity index is 1.53. The number of carbonyl (C=O) groups is 1. The highest BCUT2D eigenvalue weighted by molar-refractivity contribution is 5.79. The van der Waals surface area contributed by atoms with E-state index in [-0.39, 0.29) is 11.5 Å². The molecule has 1 fully saturated rings. The number of hydrogen-bond acceptors (Lipinski definition) is 2. The quantitative estimate of drug-likeness (QED) is 0.710. The minimum Gasteiger partial charge on any atom is -0.342 e. The van der Waals surface area contributed by atoms with Gasteiger partial charge < -0.3 is 13.9 Å². The summed E-state index contributed by atoms with van der Waals surface area (Å²) in [5.41, 5.74) is 2.62. The largest absolute Gasteiger partial charge is 0.342 e. The molecule has 5 heteroatoms. The van der Waals surface area contributed by atoms with Gasteiger partial charge in [0.15, 0.2) is 0 Å². The first-order valence-corrected chi connectivity index (χ1v) is 9.91. The number of fused-ring (bicyclic) bond motifs is 3. The van der Waals surface area contributed by atoms with E-state index in [0.717, 1.165) is 24.1 Å². The van der Waals surface area contributed by atoms with Crippen molar-refractivity contribution in [1.29, 1.82) is 0 Å². The van der Waals surface area contributed by atoms with Gasteiger partial charge in [-0.25, -0.2) is 0 Å². The smallest absolute Gasteiger partial charge is 0.275 e. The van der Waals surface area contributed by atoms with Crippen LogP contribution in [0, 0.1) is 11.8 Å². The summed E-state index contributed by atoms with van der Waals surface area (Å²) in [6.07, 6.45) is 4.29. The Kier molecular flexibility index (Phi) is 4.77. The molecule has 4 rings (SSSR count). The Labute approximate surface area is 159 Å². The second kappa shape index (κ2) is 7.22. The van der Waals surface area contributed by atoms with Crippen LogP contribution in [-0.4, -0.2) is 32.9 Å². The summed E-state index contributed by atoms with van der Waals surface area (Å²) in [7, 11) is 0. The summed E-state index contributed by atoms with van der Waals surface area (Å²) in [5.74, 6) is 1.36. The molecule has 2 unspecified atom stereocenters. The van der Waals surface area contributed by atoms with Crippen LogP contribution in [-0.2, 0) is 11.3 Å². The van der Waals surface area contributed by atoms with Crippen LogP contribution in [0.4, 0.5) is 0 Å². The van der Waals surface area contributed by atoms with Gasteiger partial charge in [0.25, 0.3) is 5.56 Å². The third-order valence-corrected chi connectivity index (χ3v) is 5.64.